The van der Waals surface area contributed by atoms with E-state index in [1.165, 1.54) is 74.5 Å². The topological polar surface area (TPSA) is 26.8 Å². The van der Waals surface area contributed by atoms with Gasteiger partial charge >= 0.3 is 0 Å². The number of unbranched alkanes of at least 4 members (excludes halogenated alkanes) is 7. The van der Waals surface area contributed by atoms with Crippen LogP contribution in [-0.4, -0.2) is 10.4 Å². The zero-order chi connectivity index (χ0) is 24.2. The van der Waals surface area contributed by atoms with E-state index >= 15 is 0 Å². The molecular weight excluding hydrogens is 412 g/mol. The van der Waals surface area contributed by atoms with Crippen LogP contribution < -0.4 is 0 Å². The van der Waals surface area contributed by atoms with Gasteiger partial charge in [-0.25, -0.2) is 4.68 Å². The average Bonchev–Trinajstić information content (AvgIpc) is 3.19. The fourth-order valence-corrected chi connectivity index (χ4v) is 4.65. The Bertz CT molecular complexity index is 975. The van der Waals surface area contributed by atoms with Crippen LogP contribution >= 0.6 is 0 Å². The second-order valence-corrected chi connectivity index (χ2v) is 9.68. The molecule has 1 N–H and O–H groups in total. The first-order chi connectivity index (χ1) is 16.7. The summed E-state index contributed by atoms with van der Waals surface area (Å²) in [5.41, 5.74) is 8.22. The molecule has 3 rings (SSSR count). The SMILES string of the molecule is CCCCCC=C1C=C(c2ccc(CCCC)cc2)[N+]([NH-])=C1c1ccc(CCCCCC)cc1. The maximum atomic E-state index is 9.03. The number of allylic oxidation sites excluding steroid dienone is 3. The Hall–Kier alpha value is -2.61. The van der Waals surface area contributed by atoms with E-state index in [1.54, 1.807) is 4.68 Å². The van der Waals surface area contributed by atoms with Crippen molar-refractivity contribution in [3.05, 3.63) is 94.4 Å². The van der Waals surface area contributed by atoms with Gasteiger partial charge in [0.05, 0.1) is 0 Å². The first-order valence-electron chi connectivity index (χ1n) is 13.7. The molecule has 1 aliphatic heterocycles. The van der Waals surface area contributed by atoms with E-state index in [4.69, 9.17) is 5.84 Å². The Morgan fingerprint density at radius 1 is 0.647 bits per heavy atom. The van der Waals surface area contributed by atoms with Crippen LogP contribution in [0.5, 0.6) is 0 Å². The van der Waals surface area contributed by atoms with Crippen LogP contribution in [-0.2, 0) is 12.8 Å². The van der Waals surface area contributed by atoms with Crippen molar-refractivity contribution in [1.29, 1.82) is 0 Å². The molecule has 34 heavy (non-hydrogen) atoms. The molecule has 0 saturated carbocycles. The van der Waals surface area contributed by atoms with Gasteiger partial charge < -0.3 is 5.84 Å². The second-order valence-electron chi connectivity index (χ2n) is 9.68. The highest BCUT2D eigenvalue weighted by Crippen LogP contribution is 2.29. The van der Waals surface area contributed by atoms with E-state index in [9.17, 15) is 0 Å². The highest BCUT2D eigenvalue weighted by Gasteiger charge is 2.27. The molecule has 0 atom stereocenters. The van der Waals surface area contributed by atoms with E-state index in [-0.39, 0.29) is 0 Å². The van der Waals surface area contributed by atoms with Gasteiger partial charge in [-0.3, -0.25) is 0 Å². The van der Waals surface area contributed by atoms with Gasteiger partial charge in [-0.05, 0) is 73.9 Å². The summed E-state index contributed by atoms with van der Waals surface area (Å²) in [6.07, 6.45) is 19.2. The quantitative estimate of drug-likeness (QED) is 0.200. The Labute approximate surface area is 208 Å². The molecule has 0 fully saturated rings. The van der Waals surface area contributed by atoms with Gasteiger partial charge in [-0.15, -0.1) is 0 Å². The van der Waals surface area contributed by atoms with Crippen molar-refractivity contribution in [3.63, 3.8) is 0 Å². The highest BCUT2D eigenvalue weighted by molar-refractivity contribution is 6.14. The van der Waals surface area contributed by atoms with Crippen LogP contribution in [0.1, 0.15) is 107 Å². The number of aryl methyl sites for hydroxylation is 2. The summed E-state index contributed by atoms with van der Waals surface area (Å²) in [5, 5.41) is 0. The molecular formula is C32H44N2. The van der Waals surface area contributed by atoms with Crippen molar-refractivity contribution in [3.8, 4) is 0 Å². The first kappa shape index (κ1) is 26.0. The summed E-state index contributed by atoms with van der Waals surface area (Å²) in [6, 6.07) is 17.8. The molecule has 2 aromatic carbocycles. The number of nitrogens with one attached hydrogen (secondary N) is 1. The van der Waals surface area contributed by atoms with Gasteiger partial charge in [0.25, 0.3) is 0 Å². The van der Waals surface area contributed by atoms with Gasteiger partial charge in [-0.1, -0.05) is 89.6 Å². The van der Waals surface area contributed by atoms with Crippen LogP contribution in [0, 0.1) is 0 Å². The Morgan fingerprint density at radius 3 is 1.82 bits per heavy atom. The average molecular weight is 457 g/mol. The molecule has 2 nitrogen and oxygen atoms in total. The summed E-state index contributed by atoms with van der Waals surface area (Å²) >= 11 is 0. The number of hydrogen-bond donors (Lipinski definition) is 0. The molecule has 0 spiro atoms. The third kappa shape index (κ3) is 7.19. The molecule has 0 aliphatic carbocycles. The molecule has 0 amide bonds. The zero-order valence-electron chi connectivity index (χ0n) is 21.7. The van der Waals surface area contributed by atoms with E-state index in [0.29, 0.717) is 0 Å². The van der Waals surface area contributed by atoms with Crippen LogP contribution in [0.3, 0.4) is 0 Å². The van der Waals surface area contributed by atoms with Crippen molar-refractivity contribution in [2.24, 2.45) is 0 Å². The number of benzene rings is 2. The molecule has 0 bridgehead atoms. The van der Waals surface area contributed by atoms with Crippen molar-refractivity contribution < 1.29 is 4.68 Å². The van der Waals surface area contributed by atoms with E-state index in [0.717, 1.165) is 41.8 Å². The summed E-state index contributed by atoms with van der Waals surface area (Å²) < 4.78 is 1.66. The monoisotopic (exact) mass is 456 g/mol. The third-order valence-corrected chi connectivity index (χ3v) is 6.82. The molecule has 2 heteroatoms. The predicted molar refractivity (Wildman–Crippen MR) is 148 cm³/mol. The van der Waals surface area contributed by atoms with Gasteiger partial charge in [0.1, 0.15) is 0 Å². The minimum atomic E-state index is 0.974. The first-order valence-corrected chi connectivity index (χ1v) is 13.7. The zero-order valence-corrected chi connectivity index (χ0v) is 21.7. The lowest BCUT2D eigenvalue weighted by Gasteiger charge is -2.09. The maximum Gasteiger partial charge on any atom is 0.215 e. The largest absolute Gasteiger partial charge is 0.448 e. The molecule has 0 saturated heterocycles. The van der Waals surface area contributed by atoms with Crippen LogP contribution in [0.25, 0.3) is 11.5 Å². The molecule has 1 aliphatic rings. The van der Waals surface area contributed by atoms with Crippen molar-refractivity contribution in [1.82, 2.24) is 0 Å². The lowest BCUT2D eigenvalue weighted by Crippen LogP contribution is -2.11. The molecule has 0 unspecified atom stereocenters. The smallest absolute Gasteiger partial charge is 0.215 e. The highest BCUT2D eigenvalue weighted by atomic mass is 15.3. The summed E-state index contributed by atoms with van der Waals surface area (Å²) in [4.78, 5) is 0. The van der Waals surface area contributed by atoms with Crippen molar-refractivity contribution in [2.45, 2.75) is 97.8 Å². The molecule has 1 heterocycles. The Kier molecular flexibility index (Phi) is 10.7. The van der Waals surface area contributed by atoms with Gasteiger partial charge in [0.15, 0.2) is 0 Å². The minimum absolute atomic E-state index is 0.974. The molecule has 2 aromatic rings. The molecule has 0 aromatic heterocycles. The lowest BCUT2D eigenvalue weighted by molar-refractivity contribution is -0.347. The lowest BCUT2D eigenvalue weighted by atomic mass is 9.98. The van der Waals surface area contributed by atoms with E-state index in [1.807, 2.05) is 0 Å². The Morgan fingerprint density at radius 2 is 1.21 bits per heavy atom. The van der Waals surface area contributed by atoms with Crippen molar-refractivity contribution in [2.75, 3.05) is 0 Å². The molecule has 182 valence electrons. The van der Waals surface area contributed by atoms with Gasteiger partial charge in [-0.2, -0.15) is 0 Å². The summed E-state index contributed by atoms with van der Waals surface area (Å²) in [7, 11) is 0. The Balaban J connectivity index is 1.84. The second kappa shape index (κ2) is 13.9. The number of hydrogen-bond acceptors (Lipinski definition) is 0. The van der Waals surface area contributed by atoms with Crippen LogP contribution in [0.15, 0.2) is 66.3 Å². The number of nitrogens with zero attached hydrogens (tertiary/aromatic N) is 1. The standard InChI is InChI=1S/C32H44N2/c1-4-7-10-12-15-27-19-23-29(24-20-27)32-30(16-13-11-8-5-2)25-31(34(32)33)28-21-17-26(18-22-28)14-9-6-3/h16-25,33H,4-15H2,1-3H3. The van der Waals surface area contributed by atoms with E-state index < -0.39 is 0 Å². The van der Waals surface area contributed by atoms with Crippen molar-refractivity contribution >= 4 is 11.4 Å². The van der Waals surface area contributed by atoms with Gasteiger partial charge in [0, 0.05) is 22.8 Å². The van der Waals surface area contributed by atoms with Crippen LogP contribution in [0.2, 0.25) is 0 Å². The normalized spacial score (nSPS) is 14.8. The molecule has 0 radical (unpaired) electrons. The summed E-state index contributed by atoms with van der Waals surface area (Å²) in [5.74, 6) is 9.03. The summed E-state index contributed by atoms with van der Waals surface area (Å²) in [6.45, 7) is 6.74. The van der Waals surface area contributed by atoms with Gasteiger partial charge in [0.2, 0.25) is 11.4 Å². The van der Waals surface area contributed by atoms with Crippen LogP contribution in [0.4, 0.5) is 0 Å². The maximum absolute atomic E-state index is 9.03. The predicted octanol–water partition coefficient (Wildman–Crippen LogP) is 9.48. The third-order valence-electron chi connectivity index (χ3n) is 6.82. The minimum Gasteiger partial charge on any atom is -0.448 e. The van der Waals surface area contributed by atoms with E-state index in [2.05, 4.69) is 81.5 Å². The fraction of sp³-hybridized carbons (Fsp3) is 0.469. The fourth-order valence-electron chi connectivity index (χ4n) is 4.65. The number of rotatable bonds is 14.